The number of hydrogen-bond acceptors (Lipinski definition) is 3. The molecule has 1 aromatic heterocycles. The van der Waals surface area contributed by atoms with Gasteiger partial charge in [0.2, 0.25) is 5.91 Å². The lowest BCUT2D eigenvalue weighted by Crippen LogP contribution is -2.43. The van der Waals surface area contributed by atoms with Crippen molar-refractivity contribution in [2.24, 2.45) is 0 Å². The standard InChI is InChI=1S/C19H26N4O/c1-14-17(15(2)22-21-14)10-11-20-19(24)18-9-6-12-23(18)13-16-7-4-3-5-8-16/h3-5,7-8,18H,6,9-13H2,1-2H3,(H,20,24)(H,21,22)/t18-/m0/s1. The van der Waals surface area contributed by atoms with E-state index in [-0.39, 0.29) is 11.9 Å². The quantitative estimate of drug-likeness (QED) is 0.856. The number of hydrogen-bond donors (Lipinski definition) is 2. The number of carbonyl (C=O) groups is 1. The van der Waals surface area contributed by atoms with Gasteiger partial charge in [-0.3, -0.25) is 14.8 Å². The zero-order chi connectivity index (χ0) is 16.9. The van der Waals surface area contributed by atoms with Gasteiger partial charge >= 0.3 is 0 Å². The Morgan fingerprint density at radius 3 is 2.83 bits per heavy atom. The summed E-state index contributed by atoms with van der Waals surface area (Å²) in [6, 6.07) is 10.4. The summed E-state index contributed by atoms with van der Waals surface area (Å²) in [5, 5.41) is 10.3. The molecule has 0 aliphatic carbocycles. The van der Waals surface area contributed by atoms with Gasteiger partial charge < -0.3 is 5.32 Å². The largest absolute Gasteiger partial charge is 0.354 e. The van der Waals surface area contributed by atoms with E-state index in [4.69, 9.17) is 0 Å². The highest BCUT2D eigenvalue weighted by atomic mass is 16.2. The molecule has 0 spiro atoms. The summed E-state index contributed by atoms with van der Waals surface area (Å²) in [6.07, 6.45) is 2.86. The predicted molar refractivity (Wildman–Crippen MR) is 94.6 cm³/mol. The fourth-order valence-corrected chi connectivity index (χ4v) is 3.50. The van der Waals surface area contributed by atoms with E-state index in [1.807, 2.05) is 19.9 Å². The Labute approximate surface area is 143 Å². The summed E-state index contributed by atoms with van der Waals surface area (Å²) in [4.78, 5) is 14.9. The van der Waals surface area contributed by atoms with Crippen molar-refractivity contribution < 1.29 is 4.79 Å². The first kappa shape index (κ1) is 16.7. The van der Waals surface area contributed by atoms with Crippen molar-refractivity contribution in [1.82, 2.24) is 20.4 Å². The number of carbonyl (C=O) groups excluding carboxylic acids is 1. The zero-order valence-corrected chi connectivity index (χ0v) is 14.5. The van der Waals surface area contributed by atoms with Crippen molar-refractivity contribution >= 4 is 5.91 Å². The Kier molecular flexibility index (Phi) is 5.30. The SMILES string of the molecule is Cc1n[nH]c(C)c1CCNC(=O)[C@@H]1CCCN1Cc1ccccc1. The van der Waals surface area contributed by atoms with Gasteiger partial charge in [-0.2, -0.15) is 5.10 Å². The molecule has 3 rings (SSSR count). The van der Waals surface area contributed by atoms with Crippen molar-refractivity contribution in [2.75, 3.05) is 13.1 Å². The van der Waals surface area contributed by atoms with Crippen molar-refractivity contribution in [3.05, 3.63) is 52.8 Å². The average molecular weight is 326 g/mol. The van der Waals surface area contributed by atoms with Crippen LogP contribution in [-0.4, -0.2) is 40.1 Å². The molecule has 0 radical (unpaired) electrons. The highest BCUT2D eigenvalue weighted by Gasteiger charge is 2.30. The Morgan fingerprint density at radius 2 is 2.12 bits per heavy atom. The van der Waals surface area contributed by atoms with Crippen LogP contribution >= 0.6 is 0 Å². The second kappa shape index (κ2) is 7.62. The Balaban J connectivity index is 1.52. The highest BCUT2D eigenvalue weighted by Crippen LogP contribution is 2.20. The molecule has 1 saturated heterocycles. The van der Waals surface area contributed by atoms with Crippen LogP contribution in [0.25, 0.3) is 0 Å². The number of nitrogens with one attached hydrogen (secondary N) is 2. The summed E-state index contributed by atoms with van der Waals surface area (Å²) < 4.78 is 0. The third kappa shape index (κ3) is 3.85. The second-order valence-electron chi connectivity index (χ2n) is 6.57. The zero-order valence-electron chi connectivity index (χ0n) is 14.5. The lowest BCUT2D eigenvalue weighted by molar-refractivity contribution is -0.125. The maximum atomic E-state index is 12.6. The maximum Gasteiger partial charge on any atom is 0.237 e. The molecule has 0 unspecified atom stereocenters. The van der Waals surface area contributed by atoms with Gasteiger partial charge in [0.25, 0.3) is 0 Å². The van der Waals surface area contributed by atoms with Crippen LogP contribution in [0.1, 0.15) is 35.4 Å². The van der Waals surface area contributed by atoms with E-state index in [2.05, 4.69) is 44.7 Å². The molecule has 1 fully saturated rings. The maximum absolute atomic E-state index is 12.6. The van der Waals surface area contributed by atoms with Crippen LogP contribution in [0, 0.1) is 13.8 Å². The Morgan fingerprint density at radius 1 is 1.33 bits per heavy atom. The fraction of sp³-hybridized carbons (Fsp3) is 0.474. The minimum absolute atomic E-state index is 0.00301. The molecule has 0 saturated carbocycles. The van der Waals surface area contributed by atoms with Crippen LogP contribution in [0.5, 0.6) is 0 Å². The number of amides is 1. The number of rotatable bonds is 6. The molecule has 1 aliphatic heterocycles. The number of benzene rings is 1. The van der Waals surface area contributed by atoms with Crippen LogP contribution in [0.4, 0.5) is 0 Å². The van der Waals surface area contributed by atoms with Gasteiger partial charge in [-0.15, -0.1) is 0 Å². The molecule has 1 aliphatic rings. The van der Waals surface area contributed by atoms with Gasteiger partial charge in [0.05, 0.1) is 11.7 Å². The second-order valence-corrected chi connectivity index (χ2v) is 6.57. The average Bonchev–Trinajstić information content (AvgIpc) is 3.17. The minimum atomic E-state index is -0.00301. The molecule has 2 aromatic rings. The molecule has 128 valence electrons. The number of aromatic nitrogens is 2. The van der Waals surface area contributed by atoms with Crippen LogP contribution in [-0.2, 0) is 17.8 Å². The predicted octanol–water partition coefficient (Wildman–Crippen LogP) is 2.35. The van der Waals surface area contributed by atoms with E-state index in [9.17, 15) is 4.79 Å². The first-order valence-corrected chi connectivity index (χ1v) is 8.71. The molecule has 5 heteroatoms. The first-order chi connectivity index (χ1) is 11.6. The molecule has 1 aromatic carbocycles. The van der Waals surface area contributed by atoms with Gasteiger partial charge in [-0.1, -0.05) is 30.3 Å². The van der Waals surface area contributed by atoms with Gasteiger partial charge in [0.15, 0.2) is 0 Å². The van der Waals surface area contributed by atoms with E-state index in [0.29, 0.717) is 6.54 Å². The lowest BCUT2D eigenvalue weighted by atomic mass is 10.1. The van der Waals surface area contributed by atoms with Crippen LogP contribution < -0.4 is 5.32 Å². The number of nitrogens with zero attached hydrogens (tertiary/aromatic N) is 2. The molecular weight excluding hydrogens is 300 g/mol. The summed E-state index contributed by atoms with van der Waals surface area (Å²) >= 11 is 0. The van der Waals surface area contributed by atoms with Gasteiger partial charge in [-0.25, -0.2) is 0 Å². The molecule has 1 amide bonds. The summed E-state index contributed by atoms with van der Waals surface area (Å²) in [5.41, 5.74) is 4.59. The topological polar surface area (TPSA) is 61.0 Å². The molecule has 2 heterocycles. The van der Waals surface area contributed by atoms with Gasteiger partial charge in [0.1, 0.15) is 0 Å². The van der Waals surface area contributed by atoms with E-state index in [0.717, 1.165) is 43.7 Å². The van der Waals surface area contributed by atoms with Crippen molar-refractivity contribution in [1.29, 1.82) is 0 Å². The van der Waals surface area contributed by atoms with E-state index >= 15 is 0 Å². The summed E-state index contributed by atoms with van der Waals surface area (Å²) in [5.74, 6) is 0.155. The molecule has 0 bridgehead atoms. The first-order valence-electron chi connectivity index (χ1n) is 8.71. The molecule has 24 heavy (non-hydrogen) atoms. The summed E-state index contributed by atoms with van der Waals surface area (Å²) in [7, 11) is 0. The highest BCUT2D eigenvalue weighted by molar-refractivity contribution is 5.82. The number of H-pyrrole nitrogens is 1. The van der Waals surface area contributed by atoms with E-state index in [1.54, 1.807) is 0 Å². The van der Waals surface area contributed by atoms with Crippen molar-refractivity contribution in [3.63, 3.8) is 0 Å². The smallest absolute Gasteiger partial charge is 0.237 e. The van der Waals surface area contributed by atoms with Gasteiger partial charge in [0, 0.05) is 18.8 Å². The number of aryl methyl sites for hydroxylation is 2. The third-order valence-corrected chi connectivity index (χ3v) is 4.85. The summed E-state index contributed by atoms with van der Waals surface area (Å²) in [6.45, 7) is 6.52. The van der Waals surface area contributed by atoms with Crippen molar-refractivity contribution in [3.8, 4) is 0 Å². The van der Waals surface area contributed by atoms with Gasteiger partial charge in [-0.05, 0) is 50.8 Å². The minimum Gasteiger partial charge on any atom is -0.354 e. The molecule has 2 N–H and O–H groups in total. The van der Waals surface area contributed by atoms with Crippen LogP contribution in [0.15, 0.2) is 30.3 Å². The van der Waals surface area contributed by atoms with Crippen LogP contribution in [0.2, 0.25) is 0 Å². The number of likely N-dealkylation sites (tertiary alicyclic amines) is 1. The molecular formula is C19H26N4O. The van der Waals surface area contributed by atoms with Crippen LogP contribution in [0.3, 0.4) is 0 Å². The third-order valence-electron chi connectivity index (χ3n) is 4.85. The Hall–Kier alpha value is -2.14. The Bertz CT molecular complexity index is 660. The van der Waals surface area contributed by atoms with E-state index in [1.165, 1.54) is 11.1 Å². The van der Waals surface area contributed by atoms with E-state index < -0.39 is 0 Å². The fourth-order valence-electron chi connectivity index (χ4n) is 3.50. The lowest BCUT2D eigenvalue weighted by Gasteiger charge is -2.23. The monoisotopic (exact) mass is 326 g/mol. The molecule has 1 atom stereocenters. The van der Waals surface area contributed by atoms with Crippen molar-refractivity contribution in [2.45, 2.75) is 45.7 Å². The normalized spacial score (nSPS) is 18.0. The number of aromatic amines is 1. The molecule has 5 nitrogen and oxygen atoms in total.